The maximum atomic E-state index is 12.0. The minimum absolute atomic E-state index is 0.0301. The Kier molecular flexibility index (Phi) is 9.16. The lowest BCUT2D eigenvalue weighted by molar-refractivity contribution is -0.140. The van der Waals surface area contributed by atoms with Gasteiger partial charge in [-0.2, -0.15) is 5.26 Å². The van der Waals surface area contributed by atoms with Gasteiger partial charge in [0.25, 0.3) is 0 Å². The highest BCUT2D eigenvalue weighted by Crippen LogP contribution is 2.13. The zero-order valence-corrected chi connectivity index (χ0v) is 14.0. The number of ether oxygens (including phenoxy) is 1. The van der Waals surface area contributed by atoms with Crippen LogP contribution in [0.2, 0.25) is 0 Å². The molecule has 0 spiro atoms. The highest BCUT2D eigenvalue weighted by Gasteiger charge is 2.13. The first-order valence-electron chi connectivity index (χ1n) is 8.21. The lowest BCUT2D eigenvalue weighted by atomic mass is 10.0. The van der Waals surface area contributed by atoms with E-state index >= 15 is 0 Å². The van der Waals surface area contributed by atoms with Crippen molar-refractivity contribution in [2.24, 2.45) is 5.92 Å². The first-order valence-corrected chi connectivity index (χ1v) is 8.21. The maximum Gasteiger partial charge on any atom is 0.348 e. The van der Waals surface area contributed by atoms with Crippen molar-refractivity contribution >= 4 is 12.0 Å². The molecule has 0 radical (unpaired) electrons. The molecule has 0 unspecified atom stereocenters. The molecule has 1 aromatic rings. The Morgan fingerprint density at radius 2 is 2.04 bits per heavy atom. The summed E-state index contributed by atoms with van der Waals surface area (Å²) >= 11 is 0. The molecule has 1 atom stereocenters. The SMILES string of the molecule is CCCC[C@@H](CC)COC(=O)/C(C#N)=C/C=C/c1ccccc1. The third kappa shape index (κ3) is 7.46. The number of hydrogen-bond acceptors (Lipinski definition) is 3. The molecule has 0 aliphatic carbocycles. The van der Waals surface area contributed by atoms with Crippen molar-refractivity contribution < 1.29 is 9.53 Å². The van der Waals surface area contributed by atoms with Gasteiger partial charge in [-0.1, -0.05) is 75.6 Å². The van der Waals surface area contributed by atoms with Crippen LogP contribution in [0.5, 0.6) is 0 Å². The third-order valence-electron chi connectivity index (χ3n) is 3.68. The first kappa shape index (κ1) is 18.7. The Hall–Kier alpha value is -2.34. The van der Waals surface area contributed by atoms with Crippen LogP contribution >= 0.6 is 0 Å². The summed E-state index contributed by atoms with van der Waals surface area (Å²) in [6, 6.07) is 11.6. The van der Waals surface area contributed by atoms with E-state index in [-0.39, 0.29) is 5.57 Å². The van der Waals surface area contributed by atoms with E-state index < -0.39 is 5.97 Å². The van der Waals surface area contributed by atoms with Crippen LogP contribution < -0.4 is 0 Å². The maximum absolute atomic E-state index is 12.0. The fraction of sp³-hybridized carbons (Fsp3) is 0.400. The molecule has 0 N–H and O–H groups in total. The molecule has 122 valence electrons. The molecule has 0 heterocycles. The average Bonchev–Trinajstić information content (AvgIpc) is 2.59. The van der Waals surface area contributed by atoms with Crippen LogP contribution in [-0.2, 0) is 9.53 Å². The summed E-state index contributed by atoms with van der Waals surface area (Å²) in [5, 5.41) is 9.10. The second-order valence-corrected chi connectivity index (χ2v) is 5.48. The molecule has 0 amide bonds. The monoisotopic (exact) mass is 311 g/mol. The van der Waals surface area contributed by atoms with Crippen LogP contribution in [0.25, 0.3) is 6.08 Å². The predicted molar refractivity (Wildman–Crippen MR) is 93.4 cm³/mol. The van der Waals surface area contributed by atoms with E-state index in [1.54, 1.807) is 6.08 Å². The van der Waals surface area contributed by atoms with Crippen molar-refractivity contribution in [3.8, 4) is 6.07 Å². The number of allylic oxidation sites excluding steroid dienone is 2. The molecular formula is C20H25NO2. The molecule has 0 saturated heterocycles. The van der Waals surface area contributed by atoms with Gasteiger partial charge in [-0.05, 0) is 24.0 Å². The van der Waals surface area contributed by atoms with Crippen molar-refractivity contribution in [2.75, 3.05) is 6.61 Å². The molecule has 23 heavy (non-hydrogen) atoms. The van der Waals surface area contributed by atoms with Crippen LogP contribution in [0.15, 0.2) is 48.1 Å². The Labute approximate surface area is 139 Å². The summed E-state index contributed by atoms with van der Waals surface area (Å²) in [5.41, 5.74) is 1.04. The van der Waals surface area contributed by atoms with E-state index in [4.69, 9.17) is 10.00 Å². The zero-order valence-electron chi connectivity index (χ0n) is 14.0. The van der Waals surface area contributed by atoms with Crippen LogP contribution in [0, 0.1) is 17.2 Å². The van der Waals surface area contributed by atoms with Crippen LogP contribution in [0.4, 0.5) is 0 Å². The zero-order chi connectivity index (χ0) is 16.9. The second kappa shape index (κ2) is 11.3. The lowest BCUT2D eigenvalue weighted by Gasteiger charge is -2.14. The van der Waals surface area contributed by atoms with Crippen molar-refractivity contribution in [1.82, 2.24) is 0 Å². The molecule has 0 bridgehead atoms. The van der Waals surface area contributed by atoms with E-state index in [0.29, 0.717) is 12.5 Å². The number of hydrogen-bond donors (Lipinski definition) is 0. The topological polar surface area (TPSA) is 50.1 Å². The Balaban J connectivity index is 2.56. The van der Waals surface area contributed by atoms with Gasteiger partial charge in [-0.15, -0.1) is 0 Å². The minimum Gasteiger partial charge on any atom is -0.461 e. The Bertz CT molecular complexity index is 567. The third-order valence-corrected chi connectivity index (χ3v) is 3.68. The van der Waals surface area contributed by atoms with E-state index in [1.807, 2.05) is 42.5 Å². The summed E-state index contributed by atoms with van der Waals surface area (Å²) in [6.45, 7) is 4.63. The molecule has 0 aliphatic rings. The van der Waals surface area contributed by atoms with Gasteiger partial charge in [0.05, 0.1) is 6.61 Å². The number of nitriles is 1. The minimum atomic E-state index is -0.542. The second-order valence-electron chi connectivity index (χ2n) is 5.48. The first-order chi connectivity index (χ1) is 11.2. The van der Waals surface area contributed by atoms with E-state index in [0.717, 1.165) is 31.2 Å². The molecule has 0 aromatic heterocycles. The van der Waals surface area contributed by atoms with E-state index in [9.17, 15) is 4.79 Å². The highest BCUT2D eigenvalue weighted by atomic mass is 16.5. The van der Waals surface area contributed by atoms with Gasteiger partial charge in [0.1, 0.15) is 11.6 Å². The molecule has 1 rings (SSSR count). The molecule has 0 saturated carbocycles. The molecule has 0 fully saturated rings. The fourth-order valence-electron chi connectivity index (χ4n) is 2.14. The molecular weight excluding hydrogens is 286 g/mol. The normalized spacial score (nSPS) is 12.8. The number of benzene rings is 1. The van der Waals surface area contributed by atoms with Crippen LogP contribution in [0.1, 0.15) is 45.1 Å². The highest BCUT2D eigenvalue weighted by molar-refractivity contribution is 5.93. The molecule has 0 aliphatic heterocycles. The van der Waals surface area contributed by atoms with Crippen LogP contribution in [-0.4, -0.2) is 12.6 Å². The summed E-state index contributed by atoms with van der Waals surface area (Å²) in [6.07, 6.45) is 9.36. The number of nitrogens with zero attached hydrogens (tertiary/aromatic N) is 1. The van der Waals surface area contributed by atoms with Crippen molar-refractivity contribution in [1.29, 1.82) is 5.26 Å². The fourth-order valence-corrected chi connectivity index (χ4v) is 2.14. The van der Waals surface area contributed by atoms with Crippen molar-refractivity contribution in [3.05, 3.63) is 53.6 Å². The van der Waals surface area contributed by atoms with Gasteiger partial charge in [-0.25, -0.2) is 4.79 Å². The predicted octanol–water partition coefficient (Wildman–Crippen LogP) is 4.91. The smallest absolute Gasteiger partial charge is 0.348 e. The summed E-state index contributed by atoms with van der Waals surface area (Å²) in [4.78, 5) is 12.0. The largest absolute Gasteiger partial charge is 0.461 e. The summed E-state index contributed by atoms with van der Waals surface area (Å²) in [5.74, 6) is -0.168. The van der Waals surface area contributed by atoms with Crippen molar-refractivity contribution in [3.63, 3.8) is 0 Å². The standard InChI is InChI=1S/C20H25NO2/c1-3-5-10-17(4-2)16-23-20(22)19(15-21)14-9-13-18-11-7-6-8-12-18/h6-9,11-14,17H,3-5,10,16H2,1-2H3/b13-9+,19-14+/t17-/m1/s1. The number of unbranched alkanes of at least 4 members (excludes halogenated alkanes) is 1. The summed E-state index contributed by atoms with van der Waals surface area (Å²) in [7, 11) is 0. The number of carbonyl (C=O) groups is 1. The molecule has 3 heteroatoms. The van der Waals surface area contributed by atoms with Gasteiger partial charge in [0, 0.05) is 0 Å². The number of rotatable bonds is 9. The number of carbonyl (C=O) groups excluding carboxylic acids is 1. The van der Waals surface area contributed by atoms with Gasteiger partial charge in [-0.3, -0.25) is 0 Å². The van der Waals surface area contributed by atoms with Gasteiger partial charge >= 0.3 is 5.97 Å². The summed E-state index contributed by atoms with van der Waals surface area (Å²) < 4.78 is 5.28. The van der Waals surface area contributed by atoms with Gasteiger partial charge in [0.2, 0.25) is 0 Å². The van der Waals surface area contributed by atoms with E-state index in [1.165, 1.54) is 6.08 Å². The van der Waals surface area contributed by atoms with Gasteiger partial charge in [0.15, 0.2) is 0 Å². The number of esters is 1. The van der Waals surface area contributed by atoms with E-state index in [2.05, 4.69) is 13.8 Å². The molecule has 3 nitrogen and oxygen atoms in total. The van der Waals surface area contributed by atoms with Gasteiger partial charge < -0.3 is 4.74 Å². The average molecular weight is 311 g/mol. The lowest BCUT2D eigenvalue weighted by Crippen LogP contribution is -2.14. The van der Waals surface area contributed by atoms with Crippen LogP contribution in [0.3, 0.4) is 0 Å². The van der Waals surface area contributed by atoms with Crippen molar-refractivity contribution in [2.45, 2.75) is 39.5 Å². The quantitative estimate of drug-likeness (QED) is 0.282. The molecule has 1 aromatic carbocycles. The Morgan fingerprint density at radius 1 is 1.30 bits per heavy atom. The Morgan fingerprint density at radius 3 is 2.65 bits per heavy atom.